The number of benzene rings is 1. The number of carbonyl (C=O) groups excluding carboxylic acids is 1. The molecule has 1 aromatic rings. The highest BCUT2D eigenvalue weighted by Gasteiger charge is 2.37. The molecule has 2 atom stereocenters. The van der Waals surface area contributed by atoms with Crippen LogP contribution in [0.5, 0.6) is 0 Å². The Kier molecular flexibility index (Phi) is 5.25. The lowest BCUT2D eigenvalue weighted by Crippen LogP contribution is -2.42. The number of hydrogen-bond donors (Lipinski definition) is 1. The van der Waals surface area contributed by atoms with E-state index in [4.69, 9.17) is 0 Å². The summed E-state index contributed by atoms with van der Waals surface area (Å²) >= 11 is 3.52. The van der Waals surface area contributed by atoms with Crippen LogP contribution in [0.1, 0.15) is 51.1 Å². The van der Waals surface area contributed by atoms with Gasteiger partial charge in [-0.05, 0) is 23.8 Å². The highest BCUT2D eigenvalue weighted by molar-refractivity contribution is 9.09. The van der Waals surface area contributed by atoms with Gasteiger partial charge in [-0.3, -0.25) is 4.79 Å². The van der Waals surface area contributed by atoms with Gasteiger partial charge in [0.05, 0.1) is 6.04 Å². The summed E-state index contributed by atoms with van der Waals surface area (Å²) in [4.78, 5) is 12.6. The van der Waals surface area contributed by atoms with Gasteiger partial charge in [-0.2, -0.15) is 0 Å². The van der Waals surface area contributed by atoms with E-state index in [9.17, 15) is 4.79 Å². The second kappa shape index (κ2) is 6.75. The SMILES string of the molecule is CC1(C)CCCCC1C(=O)NC(CBr)c1ccccc1. The maximum Gasteiger partial charge on any atom is 0.224 e. The summed E-state index contributed by atoms with van der Waals surface area (Å²) < 4.78 is 0. The molecule has 2 unspecified atom stereocenters. The van der Waals surface area contributed by atoms with Crippen LogP contribution in [0.25, 0.3) is 0 Å². The van der Waals surface area contributed by atoms with Crippen LogP contribution in [0.3, 0.4) is 0 Å². The molecule has 1 saturated carbocycles. The van der Waals surface area contributed by atoms with Gasteiger partial charge in [0.2, 0.25) is 5.91 Å². The largest absolute Gasteiger partial charge is 0.348 e. The molecule has 0 spiro atoms. The number of amides is 1. The zero-order chi connectivity index (χ0) is 14.6. The maximum absolute atomic E-state index is 12.6. The molecule has 0 aromatic heterocycles. The molecule has 1 aliphatic rings. The van der Waals surface area contributed by atoms with Crippen molar-refractivity contribution in [2.45, 2.75) is 45.6 Å². The number of alkyl halides is 1. The third-order valence-electron chi connectivity index (χ3n) is 4.50. The van der Waals surface area contributed by atoms with Crippen molar-refractivity contribution in [3.63, 3.8) is 0 Å². The maximum atomic E-state index is 12.6. The normalized spacial score (nSPS) is 23.1. The summed E-state index contributed by atoms with van der Waals surface area (Å²) in [7, 11) is 0. The smallest absolute Gasteiger partial charge is 0.224 e. The van der Waals surface area contributed by atoms with E-state index in [-0.39, 0.29) is 23.3 Å². The monoisotopic (exact) mass is 337 g/mol. The third-order valence-corrected chi connectivity index (χ3v) is 5.14. The Bertz CT molecular complexity index is 444. The molecular formula is C17H24BrNO. The minimum atomic E-state index is 0.0569. The van der Waals surface area contributed by atoms with Gasteiger partial charge < -0.3 is 5.32 Å². The van der Waals surface area contributed by atoms with Crippen LogP contribution in [-0.2, 0) is 4.79 Å². The highest BCUT2D eigenvalue weighted by Crippen LogP contribution is 2.40. The van der Waals surface area contributed by atoms with Crippen molar-refractivity contribution < 1.29 is 4.79 Å². The fourth-order valence-corrected chi connectivity index (χ4v) is 3.68. The predicted molar refractivity (Wildman–Crippen MR) is 86.9 cm³/mol. The molecule has 0 radical (unpaired) electrons. The summed E-state index contributed by atoms with van der Waals surface area (Å²) in [5.74, 6) is 0.351. The van der Waals surface area contributed by atoms with Gasteiger partial charge in [0.15, 0.2) is 0 Å². The minimum absolute atomic E-state index is 0.0569. The van der Waals surface area contributed by atoms with E-state index in [1.807, 2.05) is 18.2 Å². The van der Waals surface area contributed by atoms with Crippen LogP contribution in [0, 0.1) is 11.3 Å². The molecule has 0 heterocycles. The number of rotatable bonds is 4. The molecule has 0 bridgehead atoms. The van der Waals surface area contributed by atoms with E-state index in [1.165, 1.54) is 12.8 Å². The van der Waals surface area contributed by atoms with Gasteiger partial charge in [-0.25, -0.2) is 0 Å². The summed E-state index contributed by atoms with van der Waals surface area (Å²) in [5, 5.41) is 3.97. The molecule has 1 amide bonds. The van der Waals surface area contributed by atoms with Crippen molar-refractivity contribution in [3.8, 4) is 0 Å². The first-order valence-electron chi connectivity index (χ1n) is 7.46. The molecule has 1 N–H and O–H groups in total. The van der Waals surface area contributed by atoms with Crippen molar-refractivity contribution in [1.82, 2.24) is 5.32 Å². The van der Waals surface area contributed by atoms with Crippen LogP contribution in [0.2, 0.25) is 0 Å². The Morgan fingerprint density at radius 3 is 2.65 bits per heavy atom. The van der Waals surface area contributed by atoms with Crippen LogP contribution in [0.4, 0.5) is 0 Å². The van der Waals surface area contributed by atoms with Gasteiger partial charge in [0.1, 0.15) is 0 Å². The Morgan fingerprint density at radius 2 is 2.05 bits per heavy atom. The minimum Gasteiger partial charge on any atom is -0.348 e. The first-order valence-corrected chi connectivity index (χ1v) is 8.58. The van der Waals surface area contributed by atoms with E-state index in [2.05, 4.69) is 47.2 Å². The number of carbonyl (C=O) groups is 1. The topological polar surface area (TPSA) is 29.1 Å². The lowest BCUT2D eigenvalue weighted by molar-refractivity contribution is -0.130. The van der Waals surface area contributed by atoms with Crippen LogP contribution < -0.4 is 5.32 Å². The molecule has 2 rings (SSSR count). The quantitative estimate of drug-likeness (QED) is 0.807. The molecule has 2 nitrogen and oxygen atoms in total. The molecule has 1 aromatic carbocycles. The zero-order valence-corrected chi connectivity index (χ0v) is 13.9. The number of halogens is 1. The lowest BCUT2D eigenvalue weighted by atomic mass is 9.68. The van der Waals surface area contributed by atoms with Gasteiger partial charge in [0, 0.05) is 11.2 Å². The molecule has 1 aliphatic carbocycles. The average Bonchev–Trinajstić information content (AvgIpc) is 2.45. The second-order valence-electron chi connectivity index (χ2n) is 6.41. The summed E-state index contributed by atoms with van der Waals surface area (Å²) in [5.41, 5.74) is 1.28. The van der Waals surface area contributed by atoms with Crippen molar-refractivity contribution in [2.75, 3.05) is 5.33 Å². The highest BCUT2D eigenvalue weighted by atomic mass is 79.9. The molecule has 110 valence electrons. The standard InChI is InChI=1S/C17H24BrNO/c1-17(2)11-7-6-10-14(17)16(20)19-15(12-18)13-8-4-3-5-9-13/h3-5,8-9,14-15H,6-7,10-12H2,1-2H3,(H,19,20). The van der Waals surface area contributed by atoms with Gasteiger partial charge in [-0.1, -0.05) is 73.0 Å². The van der Waals surface area contributed by atoms with Crippen molar-refractivity contribution >= 4 is 21.8 Å². The van der Waals surface area contributed by atoms with E-state index in [0.717, 1.165) is 23.7 Å². The summed E-state index contributed by atoms with van der Waals surface area (Å²) in [6.07, 6.45) is 4.58. The fraction of sp³-hybridized carbons (Fsp3) is 0.588. The fourth-order valence-electron chi connectivity index (χ4n) is 3.15. The number of nitrogens with one attached hydrogen (secondary N) is 1. The second-order valence-corrected chi connectivity index (χ2v) is 7.06. The van der Waals surface area contributed by atoms with E-state index >= 15 is 0 Å². The third kappa shape index (κ3) is 3.63. The van der Waals surface area contributed by atoms with Crippen LogP contribution >= 0.6 is 15.9 Å². The van der Waals surface area contributed by atoms with Crippen molar-refractivity contribution in [3.05, 3.63) is 35.9 Å². The molecule has 0 saturated heterocycles. The van der Waals surface area contributed by atoms with Crippen LogP contribution in [0.15, 0.2) is 30.3 Å². The molecular weight excluding hydrogens is 314 g/mol. The zero-order valence-electron chi connectivity index (χ0n) is 12.4. The van der Waals surface area contributed by atoms with Gasteiger partial charge in [0.25, 0.3) is 0 Å². The van der Waals surface area contributed by atoms with E-state index < -0.39 is 0 Å². The van der Waals surface area contributed by atoms with Crippen LogP contribution in [-0.4, -0.2) is 11.2 Å². The first kappa shape index (κ1) is 15.6. The summed E-state index contributed by atoms with van der Waals surface area (Å²) in [6, 6.07) is 10.2. The molecule has 3 heteroatoms. The Hall–Kier alpha value is -0.830. The summed E-state index contributed by atoms with van der Waals surface area (Å²) in [6.45, 7) is 4.45. The first-order chi connectivity index (χ1) is 9.54. The van der Waals surface area contributed by atoms with E-state index in [1.54, 1.807) is 0 Å². The Morgan fingerprint density at radius 1 is 1.35 bits per heavy atom. The van der Waals surface area contributed by atoms with Gasteiger partial charge >= 0.3 is 0 Å². The molecule has 1 fully saturated rings. The van der Waals surface area contributed by atoms with Gasteiger partial charge in [-0.15, -0.1) is 0 Å². The van der Waals surface area contributed by atoms with Crippen molar-refractivity contribution in [2.24, 2.45) is 11.3 Å². The average molecular weight is 338 g/mol. The Labute approximate surface area is 130 Å². The lowest BCUT2D eigenvalue weighted by Gasteiger charge is -2.38. The van der Waals surface area contributed by atoms with E-state index in [0.29, 0.717) is 0 Å². The predicted octanol–water partition coefficient (Wildman–Crippen LogP) is 4.46. The molecule has 20 heavy (non-hydrogen) atoms. The van der Waals surface area contributed by atoms with Crippen molar-refractivity contribution in [1.29, 1.82) is 0 Å². The number of hydrogen-bond acceptors (Lipinski definition) is 1. The molecule has 0 aliphatic heterocycles. The Balaban J connectivity index is 2.06.